The smallest absolute Gasteiger partial charge is 0.315 e. The Labute approximate surface area is 102 Å². The first-order valence-corrected chi connectivity index (χ1v) is 5.29. The lowest BCUT2D eigenvalue weighted by Gasteiger charge is -2.09. The first kappa shape index (κ1) is 12.1. The van der Waals surface area contributed by atoms with Crippen molar-refractivity contribution in [2.75, 3.05) is 5.32 Å². The zero-order valence-electron chi connectivity index (χ0n) is 7.88. The van der Waals surface area contributed by atoms with Gasteiger partial charge in [-0.1, -0.05) is 11.6 Å². The maximum absolute atomic E-state index is 12.1. The van der Waals surface area contributed by atoms with Gasteiger partial charge in [0.2, 0.25) is 0 Å². The van der Waals surface area contributed by atoms with Gasteiger partial charge in [-0.3, -0.25) is 4.79 Å². The standard InChI is InChI=1S/C8H3ClF3N3OS/c9-3-1-2-4-6(15-17-14-4)5(3)13-7(16)8(10,11)12/h1-2H,(H,13,16). The van der Waals surface area contributed by atoms with Crippen molar-refractivity contribution in [3.8, 4) is 0 Å². The number of nitrogens with zero attached hydrogens (tertiary/aromatic N) is 2. The Kier molecular flexibility index (Phi) is 2.92. The molecule has 0 spiro atoms. The number of hydrogen-bond acceptors (Lipinski definition) is 4. The lowest BCUT2D eigenvalue weighted by molar-refractivity contribution is -0.167. The van der Waals surface area contributed by atoms with Crippen LogP contribution >= 0.6 is 23.3 Å². The van der Waals surface area contributed by atoms with Crippen molar-refractivity contribution < 1.29 is 18.0 Å². The third kappa shape index (κ3) is 2.32. The summed E-state index contributed by atoms with van der Waals surface area (Å²) >= 11 is 6.53. The monoisotopic (exact) mass is 281 g/mol. The molecule has 90 valence electrons. The number of nitrogens with one attached hydrogen (secondary N) is 1. The van der Waals surface area contributed by atoms with Gasteiger partial charge in [-0.25, -0.2) is 0 Å². The summed E-state index contributed by atoms with van der Waals surface area (Å²) in [5.74, 6) is -2.10. The molecule has 1 amide bonds. The lowest BCUT2D eigenvalue weighted by Crippen LogP contribution is -2.30. The Bertz CT molecular complexity index is 583. The number of anilines is 1. The SMILES string of the molecule is O=C(Nc1c(Cl)ccc2nsnc12)C(F)(F)F. The van der Waals surface area contributed by atoms with E-state index in [1.165, 1.54) is 12.1 Å². The van der Waals surface area contributed by atoms with Gasteiger partial charge in [0.15, 0.2) is 0 Å². The first-order valence-electron chi connectivity index (χ1n) is 4.18. The summed E-state index contributed by atoms with van der Waals surface area (Å²) in [4.78, 5) is 10.8. The van der Waals surface area contributed by atoms with Crippen molar-refractivity contribution in [1.29, 1.82) is 0 Å². The third-order valence-corrected chi connectivity index (χ3v) is 2.73. The molecule has 0 aliphatic rings. The number of halogens is 4. The highest BCUT2D eigenvalue weighted by Crippen LogP contribution is 2.31. The van der Waals surface area contributed by atoms with E-state index in [0.29, 0.717) is 5.52 Å². The van der Waals surface area contributed by atoms with Gasteiger partial charge in [-0.2, -0.15) is 21.9 Å². The molecule has 2 aromatic rings. The summed E-state index contributed by atoms with van der Waals surface area (Å²) in [5, 5.41) is 1.66. The molecule has 0 saturated carbocycles. The van der Waals surface area contributed by atoms with Crippen molar-refractivity contribution in [2.45, 2.75) is 6.18 Å². The molecule has 0 aliphatic carbocycles. The summed E-state index contributed by atoms with van der Waals surface area (Å²) in [6.07, 6.45) is -4.98. The van der Waals surface area contributed by atoms with Crippen LogP contribution in [0, 0.1) is 0 Å². The van der Waals surface area contributed by atoms with Crippen LogP contribution in [0.4, 0.5) is 18.9 Å². The molecule has 0 fully saturated rings. The summed E-state index contributed by atoms with van der Waals surface area (Å²) in [7, 11) is 0. The van der Waals surface area contributed by atoms with Crippen molar-refractivity contribution in [1.82, 2.24) is 8.75 Å². The molecule has 1 N–H and O–H groups in total. The normalized spacial score (nSPS) is 11.8. The van der Waals surface area contributed by atoms with Crippen LogP contribution in [0.15, 0.2) is 12.1 Å². The molecule has 9 heteroatoms. The highest BCUT2D eigenvalue weighted by molar-refractivity contribution is 7.00. The second-order valence-corrected chi connectivity index (χ2v) is 3.94. The molecule has 1 heterocycles. The Balaban J connectivity index is 2.45. The van der Waals surface area contributed by atoms with E-state index >= 15 is 0 Å². The number of benzene rings is 1. The van der Waals surface area contributed by atoms with E-state index in [-0.39, 0.29) is 16.2 Å². The number of carbonyl (C=O) groups excluding carboxylic acids is 1. The summed E-state index contributed by atoms with van der Waals surface area (Å²) in [5.41, 5.74) is 0.331. The molecule has 0 bridgehead atoms. The fourth-order valence-electron chi connectivity index (χ4n) is 1.13. The van der Waals surface area contributed by atoms with Gasteiger partial charge >= 0.3 is 12.1 Å². The molecule has 17 heavy (non-hydrogen) atoms. The molecular formula is C8H3ClF3N3OS. The Morgan fingerprint density at radius 1 is 1.35 bits per heavy atom. The zero-order chi connectivity index (χ0) is 12.6. The highest BCUT2D eigenvalue weighted by Gasteiger charge is 2.39. The molecule has 0 aliphatic heterocycles. The van der Waals surface area contributed by atoms with Gasteiger partial charge in [0.25, 0.3) is 0 Å². The summed E-state index contributed by atoms with van der Waals surface area (Å²) in [6, 6.07) is 2.85. The number of rotatable bonds is 1. The van der Waals surface area contributed by atoms with Gasteiger partial charge in [0, 0.05) is 0 Å². The second kappa shape index (κ2) is 4.11. The third-order valence-electron chi connectivity index (χ3n) is 1.87. The molecule has 0 saturated heterocycles. The summed E-state index contributed by atoms with van der Waals surface area (Å²) in [6.45, 7) is 0. The van der Waals surface area contributed by atoms with Crippen molar-refractivity contribution in [3.05, 3.63) is 17.2 Å². The van der Waals surface area contributed by atoms with Gasteiger partial charge in [0.05, 0.1) is 22.4 Å². The number of amides is 1. The minimum atomic E-state index is -4.98. The van der Waals surface area contributed by atoms with E-state index in [1.807, 2.05) is 0 Å². The molecule has 1 aromatic carbocycles. The van der Waals surface area contributed by atoms with Gasteiger partial charge in [-0.15, -0.1) is 0 Å². The topological polar surface area (TPSA) is 54.9 Å². The minimum Gasteiger partial charge on any atom is -0.315 e. The number of alkyl halides is 3. The molecular weight excluding hydrogens is 279 g/mol. The van der Waals surface area contributed by atoms with Crippen LogP contribution in [0.25, 0.3) is 11.0 Å². The van der Waals surface area contributed by atoms with E-state index in [9.17, 15) is 18.0 Å². The quantitative estimate of drug-likeness (QED) is 0.874. The zero-order valence-corrected chi connectivity index (χ0v) is 9.45. The molecule has 0 unspecified atom stereocenters. The number of fused-ring (bicyclic) bond motifs is 1. The predicted octanol–water partition coefficient (Wildman–Crippen LogP) is 2.85. The second-order valence-electron chi connectivity index (χ2n) is 3.01. The van der Waals surface area contributed by atoms with Crippen LogP contribution in [0.3, 0.4) is 0 Å². The number of carbonyl (C=O) groups is 1. The molecule has 0 radical (unpaired) electrons. The van der Waals surface area contributed by atoms with Crippen LogP contribution < -0.4 is 5.32 Å². The van der Waals surface area contributed by atoms with E-state index in [0.717, 1.165) is 11.7 Å². The number of aromatic nitrogens is 2. The van der Waals surface area contributed by atoms with Gasteiger partial charge < -0.3 is 5.32 Å². The molecule has 1 aromatic heterocycles. The maximum Gasteiger partial charge on any atom is 0.471 e. The molecule has 0 atom stereocenters. The van der Waals surface area contributed by atoms with E-state index in [4.69, 9.17) is 11.6 Å². The fourth-order valence-corrected chi connectivity index (χ4v) is 1.87. The Morgan fingerprint density at radius 2 is 2.06 bits per heavy atom. The summed E-state index contributed by atoms with van der Waals surface area (Å²) < 4.78 is 43.9. The van der Waals surface area contributed by atoms with E-state index in [2.05, 4.69) is 8.75 Å². The molecule has 4 nitrogen and oxygen atoms in total. The minimum absolute atomic E-state index is 0.0252. The van der Waals surface area contributed by atoms with Crippen LogP contribution in [-0.2, 0) is 4.79 Å². The average Bonchev–Trinajstić information content (AvgIpc) is 2.68. The lowest BCUT2D eigenvalue weighted by atomic mass is 10.2. The van der Waals surface area contributed by atoms with Crippen LogP contribution in [0.5, 0.6) is 0 Å². The first-order chi connectivity index (χ1) is 7.89. The Hall–Kier alpha value is -1.41. The largest absolute Gasteiger partial charge is 0.471 e. The maximum atomic E-state index is 12.1. The van der Waals surface area contributed by atoms with Crippen molar-refractivity contribution >= 4 is 46.0 Å². The highest BCUT2D eigenvalue weighted by atomic mass is 35.5. The van der Waals surface area contributed by atoms with Gasteiger partial charge in [-0.05, 0) is 12.1 Å². The van der Waals surface area contributed by atoms with Crippen molar-refractivity contribution in [2.24, 2.45) is 0 Å². The van der Waals surface area contributed by atoms with Crippen LogP contribution in [0.1, 0.15) is 0 Å². The van der Waals surface area contributed by atoms with Crippen molar-refractivity contribution in [3.63, 3.8) is 0 Å². The van der Waals surface area contributed by atoms with Gasteiger partial charge in [0.1, 0.15) is 11.0 Å². The average molecular weight is 282 g/mol. The van der Waals surface area contributed by atoms with Crippen LogP contribution in [-0.4, -0.2) is 20.8 Å². The van der Waals surface area contributed by atoms with E-state index in [1.54, 1.807) is 5.32 Å². The fraction of sp³-hybridized carbons (Fsp3) is 0.125. The van der Waals surface area contributed by atoms with Crippen LogP contribution in [0.2, 0.25) is 5.02 Å². The molecule has 2 rings (SSSR count). The number of hydrogen-bond donors (Lipinski definition) is 1. The predicted molar refractivity (Wildman–Crippen MR) is 57.1 cm³/mol. The van der Waals surface area contributed by atoms with E-state index < -0.39 is 12.1 Å². The Morgan fingerprint density at radius 3 is 2.71 bits per heavy atom.